The average Bonchev–Trinajstić information content (AvgIpc) is 3.01. The lowest BCUT2D eigenvalue weighted by Gasteiger charge is -2.28. The molecule has 1 N–H and O–H groups in total. The minimum absolute atomic E-state index is 0.141. The summed E-state index contributed by atoms with van der Waals surface area (Å²) < 4.78 is 10.9. The first-order chi connectivity index (χ1) is 10.2. The van der Waals surface area contributed by atoms with Crippen LogP contribution in [-0.4, -0.2) is 55.5 Å². The summed E-state index contributed by atoms with van der Waals surface area (Å²) in [7, 11) is 1.80. The van der Waals surface area contributed by atoms with E-state index in [0.29, 0.717) is 12.1 Å². The third-order valence-electron chi connectivity index (χ3n) is 4.74. The van der Waals surface area contributed by atoms with Gasteiger partial charge in [0.2, 0.25) is 0 Å². The molecule has 1 saturated heterocycles. The number of methoxy groups -OCH3 is 1. The predicted octanol–water partition coefficient (Wildman–Crippen LogP) is 2.79. The number of amides is 1. The summed E-state index contributed by atoms with van der Waals surface area (Å²) in [5.74, 6) is 0. The van der Waals surface area contributed by atoms with E-state index in [1.54, 1.807) is 7.11 Å². The van der Waals surface area contributed by atoms with Gasteiger partial charge in [-0.3, -0.25) is 0 Å². The molecule has 3 atom stereocenters. The van der Waals surface area contributed by atoms with Crippen molar-refractivity contribution in [3.8, 4) is 0 Å². The van der Waals surface area contributed by atoms with Gasteiger partial charge in [0.1, 0.15) is 5.60 Å². The van der Waals surface area contributed by atoms with Crippen molar-refractivity contribution in [1.29, 1.82) is 0 Å². The maximum atomic E-state index is 12.2. The highest BCUT2D eigenvalue weighted by atomic mass is 16.6. The smallest absolute Gasteiger partial charge is 0.410 e. The van der Waals surface area contributed by atoms with E-state index in [0.717, 1.165) is 38.9 Å². The summed E-state index contributed by atoms with van der Waals surface area (Å²) in [6, 6.07) is 0.553. The molecule has 2 aliphatic rings. The van der Waals surface area contributed by atoms with E-state index in [9.17, 15) is 4.79 Å². The van der Waals surface area contributed by atoms with Crippen molar-refractivity contribution in [3.05, 3.63) is 0 Å². The standard InChI is InChI=1S/C17H32N2O3/c1-16(2,3)22-15(20)19-9-8-17(4,12-19)11-18-13-6-7-14(10-13)21-5/h13-14,18H,6-12H2,1-5H3/t13-,14+,17-/m0/s1. The molecule has 5 heteroatoms. The van der Waals surface area contributed by atoms with Crippen molar-refractivity contribution in [3.63, 3.8) is 0 Å². The molecule has 2 rings (SSSR count). The summed E-state index contributed by atoms with van der Waals surface area (Å²) in [5.41, 5.74) is -0.282. The molecular weight excluding hydrogens is 280 g/mol. The molecular formula is C17H32N2O3. The Morgan fingerprint density at radius 3 is 2.68 bits per heavy atom. The lowest BCUT2D eigenvalue weighted by Crippen LogP contribution is -2.41. The molecule has 1 aliphatic heterocycles. The molecule has 22 heavy (non-hydrogen) atoms. The molecule has 1 amide bonds. The highest BCUT2D eigenvalue weighted by Crippen LogP contribution is 2.31. The molecule has 1 heterocycles. The first kappa shape index (κ1) is 17.5. The fourth-order valence-corrected chi connectivity index (χ4v) is 3.38. The Labute approximate surface area is 134 Å². The largest absolute Gasteiger partial charge is 0.444 e. The van der Waals surface area contributed by atoms with E-state index < -0.39 is 5.60 Å². The van der Waals surface area contributed by atoms with Crippen molar-refractivity contribution in [2.45, 2.75) is 71.1 Å². The summed E-state index contributed by atoms with van der Waals surface area (Å²) >= 11 is 0. The van der Waals surface area contributed by atoms with E-state index >= 15 is 0 Å². The minimum atomic E-state index is -0.423. The second-order valence-electron chi connectivity index (χ2n) is 8.21. The fraction of sp³-hybridized carbons (Fsp3) is 0.941. The van der Waals surface area contributed by atoms with E-state index in [1.165, 1.54) is 6.42 Å². The third kappa shape index (κ3) is 4.85. The number of hydrogen-bond acceptors (Lipinski definition) is 4. The number of nitrogens with zero attached hydrogens (tertiary/aromatic N) is 1. The maximum absolute atomic E-state index is 12.2. The quantitative estimate of drug-likeness (QED) is 0.867. The zero-order valence-electron chi connectivity index (χ0n) is 14.8. The van der Waals surface area contributed by atoms with Crippen molar-refractivity contribution >= 4 is 6.09 Å². The third-order valence-corrected chi connectivity index (χ3v) is 4.74. The van der Waals surface area contributed by atoms with Crippen molar-refractivity contribution in [2.75, 3.05) is 26.7 Å². The number of likely N-dealkylation sites (tertiary alicyclic amines) is 1. The van der Waals surface area contributed by atoms with Crippen LogP contribution < -0.4 is 5.32 Å². The van der Waals surface area contributed by atoms with Crippen LogP contribution in [0.15, 0.2) is 0 Å². The molecule has 2 fully saturated rings. The zero-order chi connectivity index (χ0) is 16.4. The number of carbonyl (C=O) groups is 1. The van der Waals surface area contributed by atoms with Gasteiger partial charge in [0, 0.05) is 32.8 Å². The van der Waals surface area contributed by atoms with E-state index in [-0.39, 0.29) is 11.5 Å². The van der Waals surface area contributed by atoms with E-state index in [1.807, 2.05) is 25.7 Å². The molecule has 0 radical (unpaired) electrons. The predicted molar refractivity (Wildman–Crippen MR) is 87.0 cm³/mol. The van der Waals surface area contributed by atoms with Gasteiger partial charge in [-0.25, -0.2) is 4.79 Å². The summed E-state index contributed by atoms with van der Waals surface area (Å²) in [6.07, 6.45) is 4.69. The van der Waals surface area contributed by atoms with Crippen molar-refractivity contribution < 1.29 is 14.3 Å². The van der Waals surface area contributed by atoms with Gasteiger partial charge in [0.15, 0.2) is 0 Å². The van der Waals surface area contributed by atoms with Gasteiger partial charge >= 0.3 is 6.09 Å². The summed E-state index contributed by atoms with van der Waals surface area (Å²) in [5, 5.41) is 3.68. The van der Waals surface area contributed by atoms with Crippen molar-refractivity contribution in [2.24, 2.45) is 5.41 Å². The van der Waals surface area contributed by atoms with Crippen LogP contribution in [0.5, 0.6) is 0 Å². The van der Waals surface area contributed by atoms with E-state index in [2.05, 4.69) is 12.2 Å². The van der Waals surface area contributed by atoms with Crippen LogP contribution in [0.1, 0.15) is 53.4 Å². The molecule has 5 nitrogen and oxygen atoms in total. The number of hydrogen-bond donors (Lipinski definition) is 1. The lowest BCUT2D eigenvalue weighted by atomic mass is 9.89. The average molecular weight is 312 g/mol. The Bertz CT molecular complexity index is 394. The molecule has 128 valence electrons. The molecule has 1 aliphatic carbocycles. The zero-order valence-corrected chi connectivity index (χ0v) is 14.8. The lowest BCUT2D eigenvalue weighted by molar-refractivity contribution is 0.0275. The highest BCUT2D eigenvalue weighted by molar-refractivity contribution is 5.68. The van der Waals surface area contributed by atoms with Gasteiger partial charge < -0.3 is 19.7 Å². The summed E-state index contributed by atoms with van der Waals surface area (Å²) in [4.78, 5) is 14.0. The number of carbonyl (C=O) groups excluding carboxylic acids is 1. The number of rotatable bonds is 4. The normalized spacial score (nSPS) is 32.5. The Kier molecular flexibility index (Phi) is 5.38. The maximum Gasteiger partial charge on any atom is 0.410 e. The SMILES string of the molecule is CO[C@@H]1CC[C@H](NC[C@]2(C)CCN(C(=O)OC(C)(C)C)C2)C1. The first-order valence-corrected chi connectivity index (χ1v) is 8.45. The second kappa shape index (κ2) is 6.75. The van der Waals surface area contributed by atoms with E-state index in [4.69, 9.17) is 9.47 Å². The molecule has 0 spiro atoms. The van der Waals surface area contributed by atoms with Crippen LogP contribution in [0.4, 0.5) is 4.79 Å². The Balaban J connectivity index is 1.77. The number of nitrogens with one attached hydrogen (secondary N) is 1. The molecule has 0 unspecified atom stereocenters. The Morgan fingerprint density at radius 2 is 2.09 bits per heavy atom. The Hall–Kier alpha value is -0.810. The fourth-order valence-electron chi connectivity index (χ4n) is 3.38. The topological polar surface area (TPSA) is 50.8 Å². The van der Waals surface area contributed by atoms with Crippen LogP contribution in [0, 0.1) is 5.41 Å². The highest BCUT2D eigenvalue weighted by Gasteiger charge is 2.38. The van der Waals surface area contributed by atoms with Crippen LogP contribution >= 0.6 is 0 Å². The van der Waals surface area contributed by atoms with Gasteiger partial charge in [-0.05, 0) is 51.9 Å². The van der Waals surface area contributed by atoms with Crippen LogP contribution in [0.2, 0.25) is 0 Å². The molecule has 1 saturated carbocycles. The molecule has 0 aromatic rings. The minimum Gasteiger partial charge on any atom is -0.444 e. The van der Waals surface area contributed by atoms with Crippen LogP contribution in [0.25, 0.3) is 0 Å². The van der Waals surface area contributed by atoms with Gasteiger partial charge in [-0.1, -0.05) is 6.92 Å². The Morgan fingerprint density at radius 1 is 1.36 bits per heavy atom. The van der Waals surface area contributed by atoms with Crippen LogP contribution in [-0.2, 0) is 9.47 Å². The van der Waals surface area contributed by atoms with Gasteiger partial charge in [0.05, 0.1) is 6.10 Å². The molecule has 0 aromatic carbocycles. The van der Waals surface area contributed by atoms with Crippen LogP contribution in [0.3, 0.4) is 0 Å². The van der Waals surface area contributed by atoms with Gasteiger partial charge in [-0.15, -0.1) is 0 Å². The molecule has 0 aromatic heterocycles. The summed E-state index contributed by atoms with van der Waals surface area (Å²) in [6.45, 7) is 10.5. The van der Waals surface area contributed by atoms with Crippen molar-refractivity contribution in [1.82, 2.24) is 10.2 Å². The number of ether oxygens (including phenoxy) is 2. The van der Waals surface area contributed by atoms with Gasteiger partial charge in [-0.2, -0.15) is 0 Å². The molecule has 0 bridgehead atoms. The monoisotopic (exact) mass is 312 g/mol. The first-order valence-electron chi connectivity index (χ1n) is 8.45. The van der Waals surface area contributed by atoms with Gasteiger partial charge in [0.25, 0.3) is 0 Å². The second-order valence-corrected chi connectivity index (χ2v) is 8.21.